The van der Waals surface area contributed by atoms with Crippen LogP contribution in [0.2, 0.25) is 0 Å². The van der Waals surface area contributed by atoms with E-state index in [0.29, 0.717) is 48.3 Å². The van der Waals surface area contributed by atoms with Crippen molar-refractivity contribution >= 4 is 49.3 Å². The summed E-state index contributed by atoms with van der Waals surface area (Å²) < 4.78 is 5.66. The lowest BCUT2D eigenvalue weighted by Crippen LogP contribution is -2.49. The Balaban J connectivity index is 0.000000164. The third-order valence-electron chi connectivity index (χ3n) is 13.8. The Morgan fingerprint density at radius 3 is 1.79 bits per heavy atom. The number of carbonyl (C=O) groups excluding carboxylic acids is 2. The van der Waals surface area contributed by atoms with Gasteiger partial charge in [-0.05, 0) is 102 Å². The number of Topliss-reactive ketones (excluding diaryl/α,β-unsaturated/α-hetero) is 2. The second-order valence-electron chi connectivity index (χ2n) is 16.8. The zero-order valence-corrected chi connectivity index (χ0v) is 34.1. The van der Waals surface area contributed by atoms with Crippen molar-refractivity contribution in [2.45, 2.75) is 89.1 Å². The number of likely N-dealkylation sites (N-methyl/N-ethyl adjacent to an activating group) is 2. The van der Waals surface area contributed by atoms with Crippen LogP contribution in [0.4, 0.5) is 0 Å². The molecule has 0 saturated carbocycles. The number of rotatable bonds is 10. The molecule has 4 aromatic rings. The number of ketones is 2. The van der Waals surface area contributed by atoms with E-state index in [-0.39, 0.29) is 36.9 Å². The minimum absolute atomic E-state index is 0.0702. The molecular weight excluding hydrogens is 728 g/mol. The lowest BCUT2D eigenvalue weighted by molar-refractivity contribution is -0.127. The van der Waals surface area contributed by atoms with Gasteiger partial charge in [-0.15, -0.1) is 0 Å². The first-order valence-electron chi connectivity index (χ1n) is 20.0. The van der Waals surface area contributed by atoms with Gasteiger partial charge in [0.15, 0.2) is 0 Å². The van der Waals surface area contributed by atoms with Crippen molar-refractivity contribution in [2.24, 2.45) is 37.8 Å². The van der Waals surface area contributed by atoms with Gasteiger partial charge in [0.2, 0.25) is 0 Å². The van der Waals surface area contributed by atoms with Crippen molar-refractivity contribution in [1.29, 1.82) is 0 Å². The molecule has 53 heavy (non-hydrogen) atoms. The number of carbonyl (C=O) groups is 2. The van der Waals surface area contributed by atoms with E-state index in [0.717, 1.165) is 51.6 Å². The van der Waals surface area contributed by atoms with Crippen molar-refractivity contribution in [2.75, 3.05) is 40.4 Å². The van der Waals surface area contributed by atoms with Crippen LogP contribution in [0.1, 0.15) is 86.5 Å². The van der Waals surface area contributed by atoms with Crippen molar-refractivity contribution in [1.82, 2.24) is 18.9 Å². The Hall–Kier alpha value is -2.82. The molecule has 286 valence electrons. The molecule has 2 aliphatic carbocycles. The minimum Gasteiger partial charge on any atom is -0.396 e. The molecule has 4 aliphatic rings. The molecule has 2 aromatic heterocycles. The minimum atomic E-state index is 0.0702. The number of piperidine rings is 2. The largest absolute Gasteiger partial charge is 0.396 e. The van der Waals surface area contributed by atoms with Crippen LogP contribution in [-0.4, -0.2) is 93.2 Å². The maximum absolute atomic E-state index is 12.9. The SMILES string of the molecule is CCC(CO)CC(=O)C1CC2c3cccc4c3c(c(Br)n4C)C[C@H]2N(C)C1.CCC(CO)CC(=O)C1CC2c3cccc4c3c(cn4C)C[C@H]2N(C)C1. The summed E-state index contributed by atoms with van der Waals surface area (Å²) >= 11 is 3.80. The number of halogens is 1. The quantitative estimate of drug-likeness (QED) is 0.180. The summed E-state index contributed by atoms with van der Waals surface area (Å²) in [5.74, 6) is 1.86. The highest BCUT2D eigenvalue weighted by Crippen LogP contribution is 2.48. The normalized spacial score (nSPS) is 26.4. The first kappa shape index (κ1) is 38.5. The van der Waals surface area contributed by atoms with Crippen LogP contribution in [0.25, 0.3) is 21.8 Å². The Labute approximate surface area is 323 Å². The molecule has 8 atom stereocenters. The van der Waals surface area contributed by atoms with Gasteiger partial charge < -0.3 is 29.1 Å². The lowest BCUT2D eigenvalue weighted by Gasteiger charge is -2.45. The van der Waals surface area contributed by atoms with Gasteiger partial charge in [0.25, 0.3) is 0 Å². The highest BCUT2D eigenvalue weighted by atomic mass is 79.9. The second-order valence-corrected chi connectivity index (χ2v) is 17.6. The number of nitrogens with zero attached hydrogens (tertiary/aromatic N) is 4. The van der Waals surface area contributed by atoms with E-state index in [9.17, 15) is 19.8 Å². The molecule has 2 N–H and O–H groups in total. The second kappa shape index (κ2) is 15.7. The number of likely N-dealkylation sites (tertiary alicyclic amines) is 2. The molecule has 0 bridgehead atoms. The standard InChI is InChI=1S/C22H29BrN2O2.C22H30N2O2/c1-4-13(12-26)8-20(27)14-9-16-15-6-5-7-18-21(15)17(22(23)25(18)3)10-19(16)24(2)11-14;1-4-14(13-25)8-21(26)15-9-18-17-6-5-7-19-22(17)16(12-23(19)2)10-20(18)24(3)11-15/h5-7,13-14,16,19,26H,4,8-12H2,1-3H3;5-7,12,14-15,18,20,25H,4,8-11,13H2,1-3H3/t13?,14?,16?,19-;14?,15?,18?,20-/m11/s1. The molecule has 0 amide bonds. The summed E-state index contributed by atoms with van der Waals surface area (Å²) in [4.78, 5) is 30.6. The fourth-order valence-electron chi connectivity index (χ4n) is 10.5. The predicted octanol–water partition coefficient (Wildman–Crippen LogP) is 6.99. The molecule has 2 aromatic carbocycles. The van der Waals surface area contributed by atoms with Gasteiger partial charge in [-0.25, -0.2) is 0 Å². The molecule has 0 radical (unpaired) electrons. The van der Waals surface area contributed by atoms with E-state index in [1.54, 1.807) is 0 Å². The van der Waals surface area contributed by atoms with Gasteiger partial charge >= 0.3 is 0 Å². The first-order chi connectivity index (χ1) is 25.5. The smallest absolute Gasteiger partial charge is 0.137 e. The summed E-state index contributed by atoms with van der Waals surface area (Å²) in [6, 6.07) is 14.2. The van der Waals surface area contributed by atoms with Gasteiger partial charge in [0.05, 0.1) is 4.60 Å². The van der Waals surface area contributed by atoms with E-state index >= 15 is 0 Å². The number of hydrogen-bond acceptors (Lipinski definition) is 6. The number of benzene rings is 2. The topological polar surface area (TPSA) is 90.9 Å². The van der Waals surface area contributed by atoms with Crippen LogP contribution in [-0.2, 0) is 36.5 Å². The monoisotopic (exact) mass is 786 g/mol. The highest BCUT2D eigenvalue weighted by molar-refractivity contribution is 9.10. The average Bonchev–Trinajstić information content (AvgIpc) is 3.62. The van der Waals surface area contributed by atoms with E-state index < -0.39 is 0 Å². The van der Waals surface area contributed by atoms with Crippen LogP contribution in [0, 0.1) is 23.7 Å². The molecule has 8 rings (SSSR count). The maximum Gasteiger partial charge on any atom is 0.137 e. The van der Waals surface area contributed by atoms with Crippen molar-refractivity contribution in [3.8, 4) is 0 Å². The summed E-state index contributed by atoms with van der Waals surface area (Å²) in [6.45, 7) is 6.00. The number of aliphatic hydroxyl groups excluding tert-OH is 2. The molecule has 8 nitrogen and oxygen atoms in total. The summed E-state index contributed by atoms with van der Waals surface area (Å²) in [7, 11) is 8.59. The van der Waals surface area contributed by atoms with Crippen LogP contribution < -0.4 is 0 Å². The zero-order chi connectivity index (χ0) is 37.7. The Morgan fingerprint density at radius 1 is 0.755 bits per heavy atom. The summed E-state index contributed by atoms with van der Waals surface area (Å²) in [5, 5.41) is 21.7. The lowest BCUT2D eigenvalue weighted by atomic mass is 9.71. The summed E-state index contributed by atoms with van der Waals surface area (Å²) in [6.07, 6.45) is 9.02. The zero-order valence-electron chi connectivity index (χ0n) is 32.5. The van der Waals surface area contributed by atoms with Crippen molar-refractivity contribution < 1.29 is 19.8 Å². The third-order valence-corrected chi connectivity index (χ3v) is 14.8. The van der Waals surface area contributed by atoms with Crippen LogP contribution in [0.3, 0.4) is 0 Å². The van der Waals surface area contributed by atoms with Gasteiger partial charge in [-0.3, -0.25) is 9.59 Å². The number of fused-ring (bicyclic) bond motifs is 4. The van der Waals surface area contributed by atoms with Crippen LogP contribution in [0.15, 0.2) is 47.2 Å². The molecule has 0 spiro atoms. The Kier molecular flexibility index (Phi) is 11.4. The fraction of sp³-hybridized carbons (Fsp3) is 0.591. The number of hydrogen-bond donors (Lipinski definition) is 2. The Bertz CT molecular complexity index is 1970. The van der Waals surface area contributed by atoms with E-state index in [2.05, 4.69) is 113 Å². The highest BCUT2D eigenvalue weighted by Gasteiger charge is 2.43. The Morgan fingerprint density at radius 2 is 1.26 bits per heavy atom. The maximum atomic E-state index is 12.9. The first-order valence-corrected chi connectivity index (χ1v) is 20.8. The van der Waals surface area contributed by atoms with Crippen molar-refractivity contribution in [3.63, 3.8) is 0 Å². The number of aryl methyl sites for hydroxylation is 2. The molecule has 2 aliphatic heterocycles. The van der Waals surface area contributed by atoms with E-state index in [1.807, 2.05) is 6.92 Å². The summed E-state index contributed by atoms with van der Waals surface area (Å²) in [5.41, 5.74) is 8.26. The van der Waals surface area contributed by atoms with Gasteiger partial charge in [0.1, 0.15) is 11.6 Å². The molecule has 9 heteroatoms. The van der Waals surface area contributed by atoms with E-state index in [1.165, 1.54) is 48.7 Å². The molecular formula is C44H59BrN4O4. The molecule has 2 fully saturated rings. The van der Waals surface area contributed by atoms with Gasteiger partial charge in [0, 0.05) is 117 Å². The number of aromatic nitrogens is 2. The van der Waals surface area contributed by atoms with Crippen molar-refractivity contribution in [3.05, 3.63) is 69.5 Å². The average molecular weight is 788 g/mol. The van der Waals surface area contributed by atoms with Crippen LogP contribution in [0.5, 0.6) is 0 Å². The number of aliphatic hydroxyl groups is 2. The van der Waals surface area contributed by atoms with Gasteiger partial charge in [-0.1, -0.05) is 51.0 Å². The van der Waals surface area contributed by atoms with Gasteiger partial charge in [-0.2, -0.15) is 0 Å². The van der Waals surface area contributed by atoms with Crippen LogP contribution >= 0.6 is 15.9 Å². The predicted molar refractivity (Wildman–Crippen MR) is 216 cm³/mol. The molecule has 6 unspecified atom stereocenters. The van der Waals surface area contributed by atoms with E-state index in [4.69, 9.17) is 0 Å². The molecule has 2 saturated heterocycles. The fourth-order valence-corrected chi connectivity index (χ4v) is 11.1. The third kappa shape index (κ3) is 6.99. The molecule has 4 heterocycles.